The molecule has 1 aliphatic rings. The lowest BCUT2D eigenvalue weighted by Crippen LogP contribution is -2.36. The Bertz CT molecular complexity index is 192. The Morgan fingerprint density at radius 1 is 1.31 bits per heavy atom. The molecule has 5 heteroatoms. The number of carbonyl (C=O) groups is 1. The van der Waals surface area contributed by atoms with E-state index in [0.29, 0.717) is 0 Å². The van der Waals surface area contributed by atoms with Gasteiger partial charge in [0.1, 0.15) is 0 Å². The van der Waals surface area contributed by atoms with Gasteiger partial charge in [-0.1, -0.05) is 13.8 Å². The van der Waals surface area contributed by atoms with Crippen molar-refractivity contribution in [2.45, 2.75) is 33.1 Å². The molecule has 0 aromatic heterocycles. The molecule has 0 aliphatic carbocycles. The predicted molar refractivity (Wildman–Crippen MR) is 70.8 cm³/mol. The van der Waals surface area contributed by atoms with Gasteiger partial charge in [0.25, 0.3) is 0 Å². The second-order valence-electron chi connectivity index (χ2n) is 4.57. The second kappa shape index (κ2) is 9.08. The molecule has 0 amide bonds. The number of likely N-dealkylation sites (tertiary alicyclic amines) is 1. The summed E-state index contributed by atoms with van der Waals surface area (Å²) in [6.45, 7) is 7.43. The molecule has 1 saturated heterocycles. The molecule has 98 valence electrons. The summed E-state index contributed by atoms with van der Waals surface area (Å²) in [5, 5.41) is 8.56. The Balaban J connectivity index is 0. The number of carboxylic acid groups (broad SMARTS) is 1. The van der Waals surface area contributed by atoms with Crippen LogP contribution in [0.1, 0.15) is 33.1 Å². The van der Waals surface area contributed by atoms with Crippen LogP contribution in [-0.4, -0.2) is 35.6 Å². The molecule has 1 fully saturated rings. The van der Waals surface area contributed by atoms with E-state index in [1.54, 1.807) is 0 Å². The maximum Gasteiger partial charge on any atom is 0.304 e. The molecule has 1 aliphatic heterocycles. The van der Waals surface area contributed by atoms with E-state index in [4.69, 9.17) is 5.11 Å². The van der Waals surface area contributed by atoms with Crippen LogP contribution in [0.2, 0.25) is 0 Å². The lowest BCUT2D eigenvalue weighted by molar-refractivity contribution is -0.137. The standard InChI is InChI=1S/C11H21NO2.2ClH/c1-9(2)10-3-6-12(7-4-10)8-5-11(13)14;;/h9-10H,3-8H2,1-2H3,(H,13,14);2*1H. The van der Waals surface area contributed by atoms with Crippen molar-refractivity contribution >= 4 is 30.8 Å². The lowest BCUT2D eigenvalue weighted by atomic mass is 9.87. The Morgan fingerprint density at radius 3 is 2.19 bits per heavy atom. The summed E-state index contributed by atoms with van der Waals surface area (Å²) in [4.78, 5) is 12.7. The van der Waals surface area contributed by atoms with Gasteiger partial charge < -0.3 is 10.0 Å². The van der Waals surface area contributed by atoms with Gasteiger partial charge >= 0.3 is 5.97 Å². The predicted octanol–water partition coefficient (Wildman–Crippen LogP) is 2.67. The second-order valence-corrected chi connectivity index (χ2v) is 4.57. The fourth-order valence-electron chi connectivity index (χ4n) is 2.10. The number of hydrogen-bond donors (Lipinski definition) is 1. The third kappa shape index (κ3) is 6.56. The van der Waals surface area contributed by atoms with Crippen molar-refractivity contribution in [2.75, 3.05) is 19.6 Å². The summed E-state index contributed by atoms with van der Waals surface area (Å²) in [7, 11) is 0. The Kier molecular flexibility index (Phi) is 10.4. The van der Waals surface area contributed by atoms with Crippen molar-refractivity contribution in [3.8, 4) is 0 Å². The quantitative estimate of drug-likeness (QED) is 0.855. The van der Waals surface area contributed by atoms with Crippen LogP contribution in [0.3, 0.4) is 0 Å². The average Bonchev–Trinajstić information content (AvgIpc) is 2.15. The molecule has 16 heavy (non-hydrogen) atoms. The van der Waals surface area contributed by atoms with Gasteiger partial charge in [-0.25, -0.2) is 0 Å². The molecular weight excluding hydrogens is 249 g/mol. The lowest BCUT2D eigenvalue weighted by Gasteiger charge is -2.33. The molecule has 1 rings (SSSR count). The molecule has 1 heterocycles. The van der Waals surface area contributed by atoms with Gasteiger partial charge in [-0.3, -0.25) is 4.79 Å². The van der Waals surface area contributed by atoms with Crippen molar-refractivity contribution in [2.24, 2.45) is 11.8 Å². The fraction of sp³-hybridized carbons (Fsp3) is 0.909. The van der Waals surface area contributed by atoms with Crippen molar-refractivity contribution in [1.29, 1.82) is 0 Å². The Hall–Kier alpha value is 0.01000. The average molecular weight is 272 g/mol. The zero-order chi connectivity index (χ0) is 10.6. The van der Waals surface area contributed by atoms with Gasteiger partial charge in [0, 0.05) is 6.54 Å². The van der Waals surface area contributed by atoms with Crippen LogP contribution in [0.25, 0.3) is 0 Å². The summed E-state index contributed by atoms with van der Waals surface area (Å²) < 4.78 is 0. The molecule has 0 radical (unpaired) electrons. The number of carboxylic acids is 1. The third-order valence-electron chi connectivity index (χ3n) is 3.22. The highest BCUT2D eigenvalue weighted by atomic mass is 35.5. The summed E-state index contributed by atoms with van der Waals surface area (Å²) in [5.41, 5.74) is 0. The normalized spacial score (nSPS) is 17.7. The zero-order valence-corrected chi connectivity index (χ0v) is 11.6. The van der Waals surface area contributed by atoms with Gasteiger partial charge in [0.15, 0.2) is 0 Å². The van der Waals surface area contributed by atoms with E-state index in [-0.39, 0.29) is 31.2 Å². The molecule has 3 nitrogen and oxygen atoms in total. The first-order valence-electron chi connectivity index (χ1n) is 5.53. The first kappa shape index (κ1) is 18.4. The highest BCUT2D eigenvalue weighted by molar-refractivity contribution is 5.85. The van der Waals surface area contributed by atoms with Crippen molar-refractivity contribution in [1.82, 2.24) is 4.90 Å². The first-order valence-corrected chi connectivity index (χ1v) is 5.53. The SMILES string of the molecule is CC(C)C1CCN(CCC(=O)O)CC1.Cl.Cl. The highest BCUT2D eigenvalue weighted by Gasteiger charge is 2.21. The smallest absolute Gasteiger partial charge is 0.304 e. The molecule has 0 unspecified atom stereocenters. The van der Waals surface area contributed by atoms with Gasteiger partial charge in [-0.05, 0) is 37.8 Å². The number of piperidine rings is 1. The number of rotatable bonds is 4. The number of halogens is 2. The van der Waals surface area contributed by atoms with Crippen LogP contribution in [0, 0.1) is 11.8 Å². The van der Waals surface area contributed by atoms with Crippen LogP contribution in [-0.2, 0) is 4.79 Å². The Morgan fingerprint density at radius 2 is 1.81 bits per heavy atom. The van der Waals surface area contributed by atoms with Crippen LogP contribution in [0.15, 0.2) is 0 Å². The number of aliphatic carboxylic acids is 1. The Labute approximate surface area is 110 Å². The first-order chi connectivity index (χ1) is 6.59. The summed E-state index contributed by atoms with van der Waals surface area (Å²) in [6, 6.07) is 0. The van der Waals surface area contributed by atoms with Gasteiger partial charge in [-0.2, -0.15) is 0 Å². The summed E-state index contributed by atoms with van der Waals surface area (Å²) >= 11 is 0. The van der Waals surface area contributed by atoms with Crippen LogP contribution in [0.5, 0.6) is 0 Å². The summed E-state index contributed by atoms with van der Waals surface area (Å²) in [5.74, 6) is 0.934. The summed E-state index contributed by atoms with van der Waals surface area (Å²) in [6.07, 6.45) is 2.75. The van der Waals surface area contributed by atoms with E-state index in [0.717, 1.165) is 31.5 Å². The minimum atomic E-state index is -0.684. The molecule has 0 spiro atoms. The largest absolute Gasteiger partial charge is 0.481 e. The topological polar surface area (TPSA) is 40.5 Å². The van der Waals surface area contributed by atoms with Gasteiger partial charge in [0.05, 0.1) is 6.42 Å². The van der Waals surface area contributed by atoms with Crippen molar-refractivity contribution in [3.63, 3.8) is 0 Å². The van der Waals surface area contributed by atoms with Crippen LogP contribution >= 0.6 is 24.8 Å². The molecular formula is C11H23Cl2NO2. The van der Waals surface area contributed by atoms with E-state index < -0.39 is 5.97 Å². The van der Waals surface area contributed by atoms with Crippen LogP contribution < -0.4 is 0 Å². The maximum atomic E-state index is 10.4. The molecule has 0 aromatic carbocycles. The molecule has 0 saturated carbocycles. The number of hydrogen-bond acceptors (Lipinski definition) is 2. The maximum absolute atomic E-state index is 10.4. The van der Waals surface area contributed by atoms with E-state index in [1.165, 1.54) is 12.8 Å². The monoisotopic (exact) mass is 271 g/mol. The highest BCUT2D eigenvalue weighted by Crippen LogP contribution is 2.24. The molecule has 0 atom stereocenters. The molecule has 0 aromatic rings. The minimum Gasteiger partial charge on any atom is -0.481 e. The van der Waals surface area contributed by atoms with Gasteiger partial charge in [0.2, 0.25) is 0 Å². The van der Waals surface area contributed by atoms with E-state index >= 15 is 0 Å². The van der Waals surface area contributed by atoms with E-state index in [9.17, 15) is 4.79 Å². The minimum absolute atomic E-state index is 0. The van der Waals surface area contributed by atoms with E-state index in [2.05, 4.69) is 18.7 Å². The zero-order valence-electron chi connectivity index (χ0n) is 10.0. The molecule has 1 N–H and O–H groups in total. The van der Waals surface area contributed by atoms with Crippen molar-refractivity contribution < 1.29 is 9.90 Å². The number of nitrogens with zero attached hydrogens (tertiary/aromatic N) is 1. The van der Waals surface area contributed by atoms with E-state index in [1.807, 2.05) is 0 Å². The molecule has 0 bridgehead atoms. The van der Waals surface area contributed by atoms with Crippen molar-refractivity contribution in [3.05, 3.63) is 0 Å². The van der Waals surface area contributed by atoms with Gasteiger partial charge in [-0.15, -0.1) is 24.8 Å². The fourth-order valence-corrected chi connectivity index (χ4v) is 2.10. The van der Waals surface area contributed by atoms with Crippen LogP contribution in [0.4, 0.5) is 0 Å². The third-order valence-corrected chi connectivity index (χ3v) is 3.22.